The van der Waals surface area contributed by atoms with Crippen LogP contribution in [0.25, 0.3) is 5.76 Å². The number of aliphatic hydroxyl groups excluding tert-OH is 1. The molecule has 2 aromatic heterocycles. The van der Waals surface area contributed by atoms with Gasteiger partial charge in [-0.05, 0) is 16.8 Å². The van der Waals surface area contributed by atoms with Crippen molar-refractivity contribution in [1.82, 2.24) is 20.6 Å². The summed E-state index contributed by atoms with van der Waals surface area (Å²) in [6.07, 6.45) is 2.99. The molecule has 0 unspecified atom stereocenters. The van der Waals surface area contributed by atoms with Crippen molar-refractivity contribution >= 4 is 11.5 Å². The summed E-state index contributed by atoms with van der Waals surface area (Å²) in [6.45, 7) is 0. The van der Waals surface area contributed by atoms with E-state index in [-0.39, 0.29) is 17.4 Å². The van der Waals surface area contributed by atoms with Crippen molar-refractivity contribution in [1.29, 1.82) is 0 Å². The van der Waals surface area contributed by atoms with Crippen LogP contribution in [0, 0.1) is 0 Å². The van der Waals surface area contributed by atoms with Gasteiger partial charge in [-0.15, -0.1) is 10.2 Å². The monoisotopic (exact) mass is 296 g/mol. The molecule has 0 fully saturated rings. The Labute approximate surface area is 125 Å². The van der Waals surface area contributed by atoms with Crippen LogP contribution >= 0.6 is 0 Å². The highest BCUT2D eigenvalue weighted by Crippen LogP contribution is 2.18. The number of rotatable bonds is 5. The molecule has 2 heterocycles. The zero-order chi connectivity index (χ0) is 15.4. The van der Waals surface area contributed by atoms with Crippen molar-refractivity contribution in [3.8, 4) is 0 Å². The Morgan fingerprint density at radius 3 is 2.82 bits per heavy atom. The maximum Gasteiger partial charge on any atom is 0.239 e. The van der Waals surface area contributed by atoms with Gasteiger partial charge in [-0.1, -0.05) is 30.3 Å². The number of hydrogen-bond acceptors (Lipinski definition) is 6. The molecule has 7 nitrogen and oxygen atoms in total. The molecule has 0 amide bonds. The predicted molar refractivity (Wildman–Crippen MR) is 77.1 cm³/mol. The van der Waals surface area contributed by atoms with Gasteiger partial charge >= 0.3 is 0 Å². The second-order valence-electron chi connectivity index (χ2n) is 4.55. The van der Waals surface area contributed by atoms with Gasteiger partial charge in [-0.3, -0.25) is 4.79 Å². The Kier molecular flexibility index (Phi) is 3.78. The molecule has 22 heavy (non-hydrogen) atoms. The average molecular weight is 296 g/mol. The van der Waals surface area contributed by atoms with Gasteiger partial charge in [0.05, 0.1) is 11.8 Å². The molecule has 0 saturated heterocycles. The van der Waals surface area contributed by atoms with E-state index in [1.54, 1.807) is 6.07 Å². The normalized spacial score (nSPS) is 11.5. The molecule has 0 bridgehead atoms. The van der Waals surface area contributed by atoms with Crippen LogP contribution in [-0.4, -0.2) is 31.5 Å². The molecule has 3 aromatic rings. The Balaban J connectivity index is 1.82. The Morgan fingerprint density at radius 1 is 1.27 bits per heavy atom. The van der Waals surface area contributed by atoms with Crippen molar-refractivity contribution < 1.29 is 14.3 Å². The first-order valence-corrected chi connectivity index (χ1v) is 6.53. The number of aromatic nitrogens is 4. The molecule has 0 atom stereocenters. The van der Waals surface area contributed by atoms with Gasteiger partial charge in [-0.25, -0.2) is 0 Å². The number of nitrogens with one attached hydrogen (secondary N) is 1. The van der Waals surface area contributed by atoms with Crippen LogP contribution in [0.5, 0.6) is 0 Å². The SMILES string of the molecule is O=C(C=C(O)c1nn[nH]n1)c1ccoc1Cc1ccccc1. The third kappa shape index (κ3) is 2.93. The highest BCUT2D eigenvalue weighted by molar-refractivity contribution is 6.08. The van der Waals surface area contributed by atoms with E-state index in [1.807, 2.05) is 30.3 Å². The van der Waals surface area contributed by atoms with Gasteiger partial charge in [0.25, 0.3) is 0 Å². The first-order chi connectivity index (χ1) is 10.7. The lowest BCUT2D eigenvalue weighted by molar-refractivity contribution is 0.104. The zero-order valence-electron chi connectivity index (χ0n) is 11.4. The fourth-order valence-electron chi connectivity index (χ4n) is 2.02. The summed E-state index contributed by atoms with van der Waals surface area (Å²) in [5.74, 6) is -0.248. The molecule has 0 aliphatic rings. The van der Waals surface area contributed by atoms with Gasteiger partial charge in [0.2, 0.25) is 5.82 Å². The van der Waals surface area contributed by atoms with E-state index in [9.17, 15) is 9.90 Å². The van der Waals surface area contributed by atoms with Crippen molar-refractivity contribution in [2.75, 3.05) is 0 Å². The third-order valence-electron chi connectivity index (χ3n) is 3.06. The van der Waals surface area contributed by atoms with Gasteiger partial charge in [-0.2, -0.15) is 5.21 Å². The number of H-pyrrole nitrogens is 1. The molecule has 0 spiro atoms. The quantitative estimate of drug-likeness (QED) is 0.424. The first kappa shape index (κ1) is 13.7. The van der Waals surface area contributed by atoms with E-state index >= 15 is 0 Å². The Morgan fingerprint density at radius 2 is 2.09 bits per heavy atom. The lowest BCUT2D eigenvalue weighted by Crippen LogP contribution is -2.00. The largest absolute Gasteiger partial charge is 0.504 e. The highest BCUT2D eigenvalue weighted by Gasteiger charge is 2.15. The summed E-state index contributed by atoms with van der Waals surface area (Å²) in [6, 6.07) is 11.2. The predicted octanol–water partition coefficient (Wildman–Crippen LogP) is 2.17. The Hall–Kier alpha value is -3.22. The van der Waals surface area contributed by atoms with E-state index in [0.29, 0.717) is 17.7 Å². The maximum absolute atomic E-state index is 12.2. The standard InChI is InChI=1S/C15H12N4O3/c20-12(9-13(21)15-16-18-19-17-15)11-6-7-22-14(11)8-10-4-2-1-3-5-10/h1-7,9,21H,8H2,(H,16,17,18,19). The minimum Gasteiger partial charge on any atom is -0.504 e. The number of aliphatic hydroxyl groups is 1. The van der Waals surface area contributed by atoms with Crippen LogP contribution in [0.3, 0.4) is 0 Å². The number of ketones is 1. The van der Waals surface area contributed by atoms with Crippen molar-refractivity contribution in [2.45, 2.75) is 6.42 Å². The maximum atomic E-state index is 12.2. The number of carbonyl (C=O) groups excluding carboxylic acids is 1. The van der Waals surface area contributed by atoms with E-state index in [4.69, 9.17) is 4.42 Å². The summed E-state index contributed by atoms with van der Waals surface area (Å²) in [5.41, 5.74) is 1.41. The number of carbonyl (C=O) groups is 1. The van der Waals surface area contributed by atoms with E-state index in [2.05, 4.69) is 20.6 Å². The van der Waals surface area contributed by atoms with Crippen LogP contribution < -0.4 is 0 Å². The minimum atomic E-state index is -0.387. The van der Waals surface area contributed by atoms with Crippen molar-refractivity contribution in [3.05, 3.63) is 71.4 Å². The second-order valence-corrected chi connectivity index (χ2v) is 4.55. The number of allylic oxidation sites excluding steroid dienone is 1. The number of hydrogen-bond donors (Lipinski definition) is 2. The molecule has 2 N–H and O–H groups in total. The van der Waals surface area contributed by atoms with E-state index in [1.165, 1.54) is 6.26 Å². The molecule has 0 saturated carbocycles. The zero-order valence-corrected chi connectivity index (χ0v) is 11.4. The Bertz CT molecular complexity index is 791. The number of benzene rings is 1. The molecule has 7 heteroatoms. The van der Waals surface area contributed by atoms with Crippen LogP contribution in [0.2, 0.25) is 0 Å². The fourth-order valence-corrected chi connectivity index (χ4v) is 2.02. The molecule has 0 aliphatic carbocycles. The summed E-state index contributed by atoms with van der Waals surface area (Å²) in [7, 11) is 0. The third-order valence-corrected chi connectivity index (χ3v) is 3.06. The van der Waals surface area contributed by atoms with Crippen LogP contribution in [-0.2, 0) is 6.42 Å². The average Bonchev–Trinajstić information content (AvgIpc) is 3.19. The van der Waals surface area contributed by atoms with Gasteiger partial charge in [0.1, 0.15) is 5.76 Å². The molecule has 0 aliphatic heterocycles. The van der Waals surface area contributed by atoms with Crippen LogP contribution in [0.4, 0.5) is 0 Å². The molecule has 0 radical (unpaired) electrons. The first-order valence-electron chi connectivity index (χ1n) is 6.53. The van der Waals surface area contributed by atoms with Gasteiger partial charge in [0, 0.05) is 12.5 Å². The molecular weight excluding hydrogens is 284 g/mol. The topological polar surface area (TPSA) is 105 Å². The minimum absolute atomic E-state index is 0.0403. The summed E-state index contributed by atoms with van der Waals surface area (Å²) < 4.78 is 5.38. The lowest BCUT2D eigenvalue weighted by Gasteiger charge is -2.00. The number of aromatic amines is 1. The lowest BCUT2D eigenvalue weighted by atomic mass is 10.0. The highest BCUT2D eigenvalue weighted by atomic mass is 16.3. The summed E-state index contributed by atoms with van der Waals surface area (Å²) >= 11 is 0. The molecule has 110 valence electrons. The summed E-state index contributed by atoms with van der Waals surface area (Å²) in [4.78, 5) is 12.2. The molecule has 3 rings (SSSR count). The number of furan rings is 1. The van der Waals surface area contributed by atoms with Crippen molar-refractivity contribution in [2.24, 2.45) is 0 Å². The smallest absolute Gasteiger partial charge is 0.239 e. The number of tetrazole rings is 1. The second kappa shape index (κ2) is 6.04. The van der Waals surface area contributed by atoms with Gasteiger partial charge in [0.15, 0.2) is 11.5 Å². The van der Waals surface area contributed by atoms with E-state index < -0.39 is 0 Å². The molecular formula is C15H12N4O3. The van der Waals surface area contributed by atoms with E-state index in [0.717, 1.165) is 11.6 Å². The van der Waals surface area contributed by atoms with Gasteiger partial charge < -0.3 is 9.52 Å². The summed E-state index contributed by atoms with van der Waals surface area (Å²) in [5, 5.41) is 22.5. The van der Waals surface area contributed by atoms with Crippen LogP contribution in [0.15, 0.2) is 53.2 Å². The number of nitrogens with zero attached hydrogens (tertiary/aromatic N) is 3. The van der Waals surface area contributed by atoms with Crippen molar-refractivity contribution in [3.63, 3.8) is 0 Å². The fraction of sp³-hybridized carbons (Fsp3) is 0.0667. The molecule has 1 aromatic carbocycles. The van der Waals surface area contributed by atoms with Crippen LogP contribution in [0.1, 0.15) is 27.5 Å².